The summed E-state index contributed by atoms with van der Waals surface area (Å²) in [5.41, 5.74) is 5.72. The number of amides is 2. The Morgan fingerprint density at radius 3 is 2.78 bits per heavy atom. The second-order valence-corrected chi connectivity index (χ2v) is 3.49. The number of carbonyl (C=O) groups excluding carboxylic acids is 2. The quantitative estimate of drug-likeness (QED) is 0.668. The van der Waals surface area contributed by atoms with Crippen LogP contribution in [0.3, 0.4) is 0 Å². The second-order valence-electron chi connectivity index (χ2n) is 3.49. The van der Waals surface area contributed by atoms with E-state index in [2.05, 4.69) is 10.6 Å². The van der Waals surface area contributed by atoms with E-state index in [4.69, 9.17) is 10.5 Å². The summed E-state index contributed by atoms with van der Waals surface area (Å²) < 4.78 is 5.31. The Labute approximate surface area is 105 Å². The van der Waals surface area contributed by atoms with E-state index >= 15 is 0 Å². The van der Waals surface area contributed by atoms with Gasteiger partial charge in [-0.05, 0) is 19.1 Å². The van der Waals surface area contributed by atoms with Crippen LogP contribution in [0.4, 0.5) is 5.69 Å². The minimum Gasteiger partial charge on any atom is -0.494 e. The number of anilines is 1. The predicted octanol–water partition coefficient (Wildman–Crippen LogP) is 0.0987. The molecular formula is C12H17N3O3. The molecule has 2 amide bonds. The first-order valence-electron chi connectivity index (χ1n) is 5.65. The molecule has 0 heterocycles. The molecule has 0 saturated heterocycles. The average Bonchev–Trinajstić information content (AvgIpc) is 2.37. The van der Waals surface area contributed by atoms with Crippen LogP contribution in [0, 0.1) is 0 Å². The van der Waals surface area contributed by atoms with E-state index in [0.717, 1.165) is 0 Å². The number of ether oxygens (including phenoxy) is 1. The molecule has 18 heavy (non-hydrogen) atoms. The van der Waals surface area contributed by atoms with Crippen LogP contribution in [0.15, 0.2) is 24.3 Å². The van der Waals surface area contributed by atoms with Gasteiger partial charge in [0.15, 0.2) is 0 Å². The van der Waals surface area contributed by atoms with Crippen molar-refractivity contribution in [2.75, 3.05) is 25.0 Å². The number of nitrogens with two attached hydrogens (primary N) is 1. The largest absolute Gasteiger partial charge is 0.494 e. The van der Waals surface area contributed by atoms with Gasteiger partial charge in [0.1, 0.15) is 5.75 Å². The van der Waals surface area contributed by atoms with Crippen molar-refractivity contribution in [1.29, 1.82) is 0 Å². The van der Waals surface area contributed by atoms with Crippen molar-refractivity contribution < 1.29 is 14.3 Å². The van der Waals surface area contributed by atoms with Gasteiger partial charge in [-0.25, -0.2) is 0 Å². The van der Waals surface area contributed by atoms with Crippen molar-refractivity contribution in [2.24, 2.45) is 5.73 Å². The molecule has 0 aliphatic rings. The van der Waals surface area contributed by atoms with Crippen LogP contribution >= 0.6 is 0 Å². The lowest BCUT2D eigenvalue weighted by Crippen LogP contribution is -2.36. The van der Waals surface area contributed by atoms with E-state index in [1.54, 1.807) is 24.3 Å². The van der Waals surface area contributed by atoms with Crippen molar-refractivity contribution >= 4 is 17.5 Å². The fourth-order valence-corrected chi connectivity index (χ4v) is 1.29. The molecule has 4 N–H and O–H groups in total. The van der Waals surface area contributed by atoms with Gasteiger partial charge in [0.2, 0.25) is 11.8 Å². The van der Waals surface area contributed by atoms with Crippen molar-refractivity contribution in [3.8, 4) is 5.75 Å². The van der Waals surface area contributed by atoms with E-state index in [0.29, 0.717) is 18.0 Å². The maximum absolute atomic E-state index is 11.5. The van der Waals surface area contributed by atoms with Gasteiger partial charge in [0.25, 0.3) is 0 Å². The molecule has 0 saturated carbocycles. The third-order valence-electron chi connectivity index (χ3n) is 2.06. The summed E-state index contributed by atoms with van der Waals surface area (Å²) in [5, 5.41) is 5.03. The molecule has 0 radical (unpaired) electrons. The highest BCUT2D eigenvalue weighted by Gasteiger charge is 2.05. The van der Waals surface area contributed by atoms with Crippen LogP contribution in [0.2, 0.25) is 0 Å². The number of benzene rings is 1. The van der Waals surface area contributed by atoms with Gasteiger partial charge in [-0.1, -0.05) is 6.07 Å². The van der Waals surface area contributed by atoms with Crippen LogP contribution in [-0.2, 0) is 9.59 Å². The van der Waals surface area contributed by atoms with Crippen LogP contribution in [-0.4, -0.2) is 31.5 Å². The standard InChI is InChI=1S/C12H17N3O3/c1-2-18-10-5-3-4-9(6-10)15-12(17)8-14-11(16)7-13/h3-6H,2,7-8,13H2,1H3,(H,14,16)(H,15,17). The van der Waals surface area contributed by atoms with E-state index in [1.807, 2.05) is 6.92 Å². The zero-order valence-electron chi connectivity index (χ0n) is 10.2. The van der Waals surface area contributed by atoms with Gasteiger partial charge in [-0.2, -0.15) is 0 Å². The third kappa shape index (κ3) is 4.84. The van der Waals surface area contributed by atoms with E-state index in [1.165, 1.54) is 0 Å². The minimum absolute atomic E-state index is 0.102. The zero-order chi connectivity index (χ0) is 13.4. The molecule has 0 aliphatic heterocycles. The summed E-state index contributed by atoms with van der Waals surface area (Å²) >= 11 is 0. The Hall–Kier alpha value is -2.08. The molecular weight excluding hydrogens is 234 g/mol. The van der Waals surface area contributed by atoms with Crippen LogP contribution in [0.25, 0.3) is 0 Å². The van der Waals surface area contributed by atoms with E-state index in [9.17, 15) is 9.59 Å². The Morgan fingerprint density at radius 2 is 2.11 bits per heavy atom. The molecule has 0 aromatic heterocycles. The van der Waals surface area contributed by atoms with Crippen molar-refractivity contribution in [3.05, 3.63) is 24.3 Å². The van der Waals surface area contributed by atoms with Gasteiger partial charge in [-0.3, -0.25) is 9.59 Å². The van der Waals surface area contributed by atoms with Crippen molar-refractivity contribution in [1.82, 2.24) is 5.32 Å². The van der Waals surface area contributed by atoms with Gasteiger partial charge >= 0.3 is 0 Å². The normalized spacial score (nSPS) is 9.67. The zero-order valence-corrected chi connectivity index (χ0v) is 10.2. The summed E-state index contributed by atoms with van der Waals surface area (Å²) in [6.07, 6.45) is 0. The molecule has 0 atom stereocenters. The molecule has 98 valence electrons. The Morgan fingerprint density at radius 1 is 1.33 bits per heavy atom. The predicted molar refractivity (Wildman–Crippen MR) is 68.3 cm³/mol. The van der Waals surface area contributed by atoms with Gasteiger partial charge in [0.05, 0.1) is 19.7 Å². The first-order valence-corrected chi connectivity index (χ1v) is 5.65. The summed E-state index contributed by atoms with van der Waals surface area (Å²) in [6.45, 7) is 2.21. The second kappa shape index (κ2) is 7.29. The number of nitrogens with one attached hydrogen (secondary N) is 2. The number of hydrogen-bond donors (Lipinski definition) is 3. The fourth-order valence-electron chi connectivity index (χ4n) is 1.29. The summed E-state index contributed by atoms with van der Waals surface area (Å²) in [4.78, 5) is 22.4. The van der Waals surface area contributed by atoms with Gasteiger partial charge in [0, 0.05) is 11.8 Å². The van der Waals surface area contributed by atoms with Gasteiger partial charge in [-0.15, -0.1) is 0 Å². The molecule has 0 unspecified atom stereocenters. The molecule has 1 aromatic carbocycles. The van der Waals surface area contributed by atoms with Crippen molar-refractivity contribution in [3.63, 3.8) is 0 Å². The molecule has 6 nitrogen and oxygen atoms in total. The smallest absolute Gasteiger partial charge is 0.243 e. The molecule has 1 aromatic rings. The molecule has 0 spiro atoms. The average molecular weight is 251 g/mol. The third-order valence-corrected chi connectivity index (χ3v) is 2.06. The van der Waals surface area contributed by atoms with Crippen LogP contribution < -0.4 is 21.1 Å². The minimum atomic E-state index is -0.367. The monoisotopic (exact) mass is 251 g/mol. The molecule has 6 heteroatoms. The number of hydrogen-bond acceptors (Lipinski definition) is 4. The topological polar surface area (TPSA) is 93.5 Å². The first kappa shape index (κ1) is 14.0. The van der Waals surface area contributed by atoms with Crippen LogP contribution in [0.5, 0.6) is 5.75 Å². The number of rotatable bonds is 6. The Kier molecular flexibility index (Phi) is 5.66. The Balaban J connectivity index is 2.48. The lowest BCUT2D eigenvalue weighted by molar-refractivity contribution is -0.123. The van der Waals surface area contributed by atoms with E-state index in [-0.39, 0.29) is 24.9 Å². The highest BCUT2D eigenvalue weighted by molar-refractivity contribution is 5.94. The van der Waals surface area contributed by atoms with Crippen LogP contribution in [0.1, 0.15) is 6.92 Å². The van der Waals surface area contributed by atoms with E-state index < -0.39 is 0 Å². The highest BCUT2D eigenvalue weighted by Crippen LogP contribution is 2.16. The van der Waals surface area contributed by atoms with Gasteiger partial charge < -0.3 is 21.1 Å². The fraction of sp³-hybridized carbons (Fsp3) is 0.333. The maximum Gasteiger partial charge on any atom is 0.243 e. The van der Waals surface area contributed by atoms with Crippen molar-refractivity contribution in [2.45, 2.75) is 6.92 Å². The lowest BCUT2D eigenvalue weighted by Gasteiger charge is -2.08. The summed E-state index contributed by atoms with van der Waals surface area (Å²) in [5.74, 6) is -0.0000377. The highest BCUT2D eigenvalue weighted by atomic mass is 16.5. The summed E-state index contributed by atoms with van der Waals surface area (Å²) in [6, 6.07) is 7.03. The molecule has 1 rings (SSSR count). The first-order chi connectivity index (χ1) is 8.65. The molecule has 0 bridgehead atoms. The SMILES string of the molecule is CCOc1cccc(NC(=O)CNC(=O)CN)c1. The lowest BCUT2D eigenvalue weighted by atomic mass is 10.3. The maximum atomic E-state index is 11.5. The molecule has 0 aliphatic carbocycles. The Bertz CT molecular complexity index is 421. The summed E-state index contributed by atoms with van der Waals surface area (Å²) in [7, 11) is 0. The number of carbonyl (C=O) groups is 2. The molecule has 0 fully saturated rings.